The summed E-state index contributed by atoms with van der Waals surface area (Å²) in [6.07, 6.45) is 6.44. The molecule has 1 aromatic carbocycles. The third kappa shape index (κ3) is 3.34. The van der Waals surface area contributed by atoms with Gasteiger partial charge >= 0.3 is 0 Å². The number of aryl methyl sites for hydroxylation is 1. The SMILES string of the molecule is CC1(C)CCCN1C(=O)[C@H]1CCc2c(sc3ncnc(Nc4ccc5c(c4)SNN5)c23)C1. The van der Waals surface area contributed by atoms with Gasteiger partial charge in [-0.2, -0.15) is 4.83 Å². The molecule has 0 unspecified atom stereocenters. The van der Waals surface area contributed by atoms with E-state index in [4.69, 9.17) is 0 Å². The fraction of sp³-hybridized carbons (Fsp3) is 0.435. The van der Waals surface area contributed by atoms with E-state index in [1.165, 1.54) is 10.4 Å². The maximum atomic E-state index is 13.3. The highest BCUT2D eigenvalue weighted by Gasteiger charge is 2.39. The molecule has 6 rings (SSSR count). The Morgan fingerprint density at radius 2 is 2.22 bits per heavy atom. The highest BCUT2D eigenvalue weighted by Crippen LogP contribution is 2.42. The molecule has 166 valence electrons. The van der Waals surface area contributed by atoms with Gasteiger partial charge in [0.2, 0.25) is 5.91 Å². The molecule has 1 saturated heterocycles. The summed E-state index contributed by atoms with van der Waals surface area (Å²) < 4.78 is 0. The van der Waals surface area contributed by atoms with Crippen LogP contribution in [-0.2, 0) is 17.6 Å². The van der Waals surface area contributed by atoms with E-state index in [-0.39, 0.29) is 11.5 Å². The lowest BCUT2D eigenvalue weighted by molar-refractivity contribution is -0.139. The van der Waals surface area contributed by atoms with Gasteiger partial charge < -0.3 is 15.6 Å². The molecule has 32 heavy (non-hydrogen) atoms. The molecule has 2 aromatic heterocycles. The Kier molecular flexibility index (Phi) is 4.81. The number of rotatable bonds is 3. The first-order valence-electron chi connectivity index (χ1n) is 11.2. The second kappa shape index (κ2) is 7.60. The lowest BCUT2D eigenvalue weighted by atomic mass is 9.86. The highest BCUT2D eigenvalue weighted by molar-refractivity contribution is 7.98. The molecule has 4 heterocycles. The van der Waals surface area contributed by atoms with Gasteiger partial charge in [0.05, 0.1) is 16.0 Å². The van der Waals surface area contributed by atoms with E-state index in [1.807, 2.05) is 0 Å². The van der Waals surface area contributed by atoms with Crippen molar-refractivity contribution in [2.24, 2.45) is 5.92 Å². The van der Waals surface area contributed by atoms with Gasteiger partial charge in [0.25, 0.3) is 0 Å². The number of aromatic nitrogens is 2. The minimum Gasteiger partial charge on any atom is -0.340 e. The lowest BCUT2D eigenvalue weighted by Crippen LogP contribution is -2.46. The zero-order chi connectivity index (χ0) is 21.9. The number of anilines is 3. The molecule has 7 nitrogen and oxygen atoms in total. The third-order valence-corrected chi connectivity index (χ3v) is 8.88. The van der Waals surface area contributed by atoms with Crippen LogP contribution in [0.15, 0.2) is 29.4 Å². The Labute approximate surface area is 195 Å². The Morgan fingerprint density at radius 3 is 3.06 bits per heavy atom. The van der Waals surface area contributed by atoms with Crippen LogP contribution in [0.25, 0.3) is 10.2 Å². The summed E-state index contributed by atoms with van der Waals surface area (Å²) in [4.78, 5) is 31.1. The first-order chi connectivity index (χ1) is 15.5. The minimum absolute atomic E-state index is 0.0146. The van der Waals surface area contributed by atoms with E-state index < -0.39 is 0 Å². The van der Waals surface area contributed by atoms with E-state index in [9.17, 15) is 4.79 Å². The molecule has 1 fully saturated rings. The molecular formula is C23H26N6OS2. The number of thiophene rings is 1. The quantitative estimate of drug-likeness (QED) is 0.475. The number of carbonyl (C=O) groups is 1. The molecule has 2 aliphatic heterocycles. The van der Waals surface area contributed by atoms with Crippen LogP contribution >= 0.6 is 23.3 Å². The largest absolute Gasteiger partial charge is 0.340 e. The summed E-state index contributed by atoms with van der Waals surface area (Å²) in [7, 11) is 0. The number of benzene rings is 1. The Balaban J connectivity index is 1.29. The second-order valence-corrected chi connectivity index (χ2v) is 11.3. The molecule has 3 aliphatic rings. The molecule has 1 aliphatic carbocycles. The van der Waals surface area contributed by atoms with E-state index in [1.54, 1.807) is 29.6 Å². The number of amides is 1. The summed E-state index contributed by atoms with van der Waals surface area (Å²) in [5.41, 5.74) is 6.51. The summed E-state index contributed by atoms with van der Waals surface area (Å²) in [5, 5.41) is 4.63. The zero-order valence-electron chi connectivity index (χ0n) is 18.2. The number of hydrazine groups is 1. The standard InChI is InChI=1S/C23H26N6OS2/c1-23(2)8-3-9-29(23)22(30)13-4-6-15-17(10-13)31-21-19(15)20(24-12-25-21)26-14-5-7-16-18(11-14)32-28-27-16/h5,7,11-13,27-28H,3-4,6,8-10H2,1-2H3,(H,24,25,26)/t13-/m0/s1. The molecular weight excluding hydrogens is 440 g/mol. The Hall–Kier alpha value is -2.36. The predicted octanol–water partition coefficient (Wildman–Crippen LogP) is 4.88. The normalized spacial score (nSPS) is 21.3. The number of likely N-dealkylation sites (tertiary alicyclic amines) is 1. The maximum Gasteiger partial charge on any atom is 0.226 e. The van der Waals surface area contributed by atoms with Crippen molar-refractivity contribution >= 4 is 56.6 Å². The number of nitrogens with one attached hydrogen (secondary N) is 3. The third-order valence-electron chi connectivity index (χ3n) is 6.95. The van der Waals surface area contributed by atoms with Gasteiger partial charge in [-0.15, -0.1) is 11.3 Å². The smallest absolute Gasteiger partial charge is 0.226 e. The molecule has 9 heteroatoms. The van der Waals surface area contributed by atoms with Crippen LogP contribution in [0.4, 0.5) is 17.2 Å². The van der Waals surface area contributed by atoms with Gasteiger partial charge in [0, 0.05) is 28.6 Å². The second-order valence-electron chi connectivity index (χ2n) is 9.42. The van der Waals surface area contributed by atoms with Crippen molar-refractivity contribution in [2.45, 2.75) is 56.4 Å². The number of nitrogens with zero attached hydrogens (tertiary/aromatic N) is 3. The number of fused-ring (bicyclic) bond motifs is 4. The highest BCUT2D eigenvalue weighted by atomic mass is 32.2. The summed E-state index contributed by atoms with van der Waals surface area (Å²) in [6.45, 7) is 5.29. The van der Waals surface area contributed by atoms with Crippen LogP contribution in [0.3, 0.4) is 0 Å². The van der Waals surface area contributed by atoms with Crippen LogP contribution in [-0.4, -0.2) is 32.9 Å². The fourth-order valence-electron chi connectivity index (χ4n) is 5.21. The van der Waals surface area contributed by atoms with Gasteiger partial charge in [0.1, 0.15) is 17.0 Å². The number of carbonyl (C=O) groups excluding carboxylic acids is 1. The monoisotopic (exact) mass is 466 g/mol. The van der Waals surface area contributed by atoms with Crippen LogP contribution < -0.4 is 15.6 Å². The minimum atomic E-state index is -0.0146. The number of hydrogen-bond donors (Lipinski definition) is 3. The van der Waals surface area contributed by atoms with Crippen molar-refractivity contribution in [3.8, 4) is 0 Å². The average Bonchev–Trinajstić information content (AvgIpc) is 3.48. The predicted molar refractivity (Wildman–Crippen MR) is 130 cm³/mol. The van der Waals surface area contributed by atoms with Crippen LogP contribution in [0.1, 0.15) is 43.6 Å². The first-order valence-corrected chi connectivity index (χ1v) is 12.8. The topological polar surface area (TPSA) is 82.2 Å². The summed E-state index contributed by atoms with van der Waals surface area (Å²) in [6, 6.07) is 6.23. The van der Waals surface area contributed by atoms with Gasteiger partial charge in [-0.25, -0.2) is 9.97 Å². The Morgan fingerprint density at radius 1 is 1.31 bits per heavy atom. The van der Waals surface area contributed by atoms with E-state index in [2.05, 4.69) is 62.5 Å². The van der Waals surface area contributed by atoms with Crippen LogP contribution in [0.2, 0.25) is 0 Å². The van der Waals surface area contributed by atoms with Crippen LogP contribution in [0.5, 0.6) is 0 Å². The summed E-state index contributed by atoms with van der Waals surface area (Å²) in [5.74, 6) is 1.26. The van der Waals surface area contributed by atoms with Crippen molar-refractivity contribution in [1.29, 1.82) is 0 Å². The van der Waals surface area contributed by atoms with E-state index >= 15 is 0 Å². The molecule has 1 atom stereocenters. The molecule has 3 aromatic rings. The molecule has 3 N–H and O–H groups in total. The molecule has 0 radical (unpaired) electrons. The van der Waals surface area contributed by atoms with Crippen molar-refractivity contribution in [3.05, 3.63) is 35.0 Å². The van der Waals surface area contributed by atoms with Gasteiger partial charge in [-0.3, -0.25) is 4.79 Å². The average molecular weight is 467 g/mol. The van der Waals surface area contributed by atoms with Crippen molar-refractivity contribution in [1.82, 2.24) is 19.7 Å². The van der Waals surface area contributed by atoms with Gasteiger partial charge in [0.15, 0.2) is 0 Å². The van der Waals surface area contributed by atoms with Crippen LogP contribution in [0, 0.1) is 5.92 Å². The fourth-order valence-corrected chi connectivity index (χ4v) is 7.16. The van der Waals surface area contributed by atoms with Crippen molar-refractivity contribution < 1.29 is 4.79 Å². The molecule has 0 saturated carbocycles. The lowest BCUT2D eigenvalue weighted by Gasteiger charge is -2.35. The van der Waals surface area contributed by atoms with E-state index in [0.29, 0.717) is 5.91 Å². The zero-order valence-corrected chi connectivity index (χ0v) is 19.8. The van der Waals surface area contributed by atoms with Gasteiger partial charge in [-0.05, 0) is 81.7 Å². The van der Waals surface area contributed by atoms with Crippen molar-refractivity contribution in [2.75, 3.05) is 17.3 Å². The maximum absolute atomic E-state index is 13.3. The van der Waals surface area contributed by atoms with Crippen molar-refractivity contribution in [3.63, 3.8) is 0 Å². The Bertz CT molecular complexity index is 1220. The molecule has 0 spiro atoms. The molecule has 1 amide bonds. The van der Waals surface area contributed by atoms with Gasteiger partial charge in [-0.1, -0.05) is 0 Å². The van der Waals surface area contributed by atoms with E-state index in [0.717, 1.165) is 71.0 Å². The summed E-state index contributed by atoms with van der Waals surface area (Å²) >= 11 is 3.29. The molecule has 0 bridgehead atoms. The number of hydrogen-bond acceptors (Lipinski definition) is 8. The first kappa shape index (κ1) is 20.3.